The van der Waals surface area contributed by atoms with Gasteiger partial charge in [-0.1, -0.05) is 31.2 Å². The Kier molecular flexibility index (Phi) is 6.49. The second-order valence-electron chi connectivity index (χ2n) is 5.71. The highest BCUT2D eigenvalue weighted by atomic mass is 16.5. The van der Waals surface area contributed by atoms with Crippen LogP contribution >= 0.6 is 0 Å². The fraction of sp³-hybridized carbons (Fsp3) is 0.250. The molecule has 0 saturated carbocycles. The number of hydrogen-bond donors (Lipinski definition) is 1. The van der Waals surface area contributed by atoms with Crippen LogP contribution in [0.5, 0.6) is 0 Å². The van der Waals surface area contributed by atoms with Crippen molar-refractivity contribution in [1.82, 2.24) is 0 Å². The van der Waals surface area contributed by atoms with Crippen LogP contribution in [0, 0.1) is 0 Å². The first kappa shape index (κ1) is 19.2. The number of ether oxygens (including phenoxy) is 1. The van der Waals surface area contributed by atoms with Crippen LogP contribution in [-0.4, -0.2) is 31.4 Å². The van der Waals surface area contributed by atoms with Crippen LogP contribution in [0.1, 0.15) is 29.8 Å². The first-order valence-electron chi connectivity index (χ1n) is 8.30. The molecule has 0 radical (unpaired) electrons. The smallest absolute Gasteiger partial charge is 0.337 e. The van der Waals surface area contributed by atoms with E-state index in [2.05, 4.69) is 5.32 Å². The van der Waals surface area contributed by atoms with Crippen LogP contribution in [0.25, 0.3) is 0 Å². The van der Waals surface area contributed by atoms with Crippen molar-refractivity contribution < 1.29 is 19.1 Å². The van der Waals surface area contributed by atoms with Crippen LogP contribution in [0.3, 0.4) is 0 Å². The monoisotopic (exact) mass is 354 g/mol. The van der Waals surface area contributed by atoms with Crippen molar-refractivity contribution in [3.63, 3.8) is 0 Å². The van der Waals surface area contributed by atoms with Gasteiger partial charge in [0.15, 0.2) is 0 Å². The topological polar surface area (TPSA) is 75.7 Å². The Hall–Kier alpha value is -3.15. The van der Waals surface area contributed by atoms with Gasteiger partial charge in [0.1, 0.15) is 6.54 Å². The van der Waals surface area contributed by atoms with E-state index >= 15 is 0 Å². The van der Waals surface area contributed by atoms with Crippen molar-refractivity contribution in [3.05, 3.63) is 59.7 Å². The lowest BCUT2D eigenvalue weighted by Gasteiger charge is -2.21. The van der Waals surface area contributed by atoms with Crippen molar-refractivity contribution in [2.24, 2.45) is 0 Å². The number of carbonyl (C=O) groups excluding carboxylic acids is 3. The first-order chi connectivity index (χ1) is 12.5. The third-order valence-electron chi connectivity index (χ3n) is 3.93. The summed E-state index contributed by atoms with van der Waals surface area (Å²) in [6, 6.07) is 13.9. The van der Waals surface area contributed by atoms with Crippen LogP contribution in [-0.2, 0) is 20.7 Å². The van der Waals surface area contributed by atoms with E-state index in [1.165, 1.54) is 25.0 Å². The lowest BCUT2D eigenvalue weighted by molar-refractivity contribution is -0.120. The number of carbonyl (C=O) groups is 3. The maximum Gasteiger partial charge on any atom is 0.337 e. The average molecular weight is 354 g/mol. The number of para-hydroxylation sites is 1. The summed E-state index contributed by atoms with van der Waals surface area (Å²) in [4.78, 5) is 37.5. The molecule has 0 bridgehead atoms. The normalized spacial score (nSPS) is 10.1. The van der Waals surface area contributed by atoms with Gasteiger partial charge in [-0.3, -0.25) is 9.59 Å². The minimum atomic E-state index is -0.503. The Balaban J connectivity index is 2.19. The van der Waals surface area contributed by atoms with Crippen molar-refractivity contribution in [1.29, 1.82) is 0 Å². The largest absolute Gasteiger partial charge is 0.465 e. The number of nitrogens with zero attached hydrogens (tertiary/aromatic N) is 1. The standard InChI is InChI=1S/C20H22N2O4/c1-4-15-8-5-6-11-18(15)21-19(24)13-22(14(2)23)17-10-7-9-16(12-17)20(25)26-3/h5-12H,4,13H2,1-3H3,(H,21,24). The summed E-state index contributed by atoms with van der Waals surface area (Å²) in [6.07, 6.45) is 0.786. The van der Waals surface area contributed by atoms with Crippen LogP contribution in [0.4, 0.5) is 11.4 Å². The van der Waals surface area contributed by atoms with Gasteiger partial charge in [0, 0.05) is 18.3 Å². The highest BCUT2D eigenvalue weighted by molar-refractivity contribution is 6.02. The summed E-state index contributed by atoms with van der Waals surface area (Å²) in [5.74, 6) is -1.12. The van der Waals surface area contributed by atoms with E-state index in [-0.39, 0.29) is 18.4 Å². The molecule has 1 N–H and O–H groups in total. The fourth-order valence-electron chi connectivity index (χ4n) is 2.59. The van der Waals surface area contributed by atoms with E-state index in [1.54, 1.807) is 18.2 Å². The number of anilines is 2. The first-order valence-corrected chi connectivity index (χ1v) is 8.30. The molecule has 0 spiro atoms. The Morgan fingerprint density at radius 2 is 1.81 bits per heavy atom. The molecule has 2 amide bonds. The highest BCUT2D eigenvalue weighted by Gasteiger charge is 2.18. The summed E-state index contributed by atoms with van der Waals surface area (Å²) >= 11 is 0. The predicted octanol–water partition coefficient (Wildman–Crippen LogP) is 3.03. The Morgan fingerprint density at radius 3 is 2.46 bits per heavy atom. The van der Waals surface area contributed by atoms with E-state index in [0.717, 1.165) is 17.7 Å². The van der Waals surface area contributed by atoms with Crippen LogP contribution < -0.4 is 10.2 Å². The zero-order chi connectivity index (χ0) is 19.1. The number of esters is 1. The van der Waals surface area contributed by atoms with Gasteiger partial charge in [0.2, 0.25) is 11.8 Å². The summed E-state index contributed by atoms with van der Waals surface area (Å²) < 4.78 is 4.70. The molecular formula is C20H22N2O4. The second-order valence-corrected chi connectivity index (χ2v) is 5.71. The highest BCUT2D eigenvalue weighted by Crippen LogP contribution is 2.19. The summed E-state index contributed by atoms with van der Waals surface area (Å²) in [5, 5.41) is 2.84. The number of benzene rings is 2. The number of methoxy groups -OCH3 is 1. The molecule has 0 aliphatic heterocycles. The van der Waals surface area contributed by atoms with Crippen LogP contribution in [0.2, 0.25) is 0 Å². The number of amides is 2. The number of nitrogens with one attached hydrogen (secondary N) is 1. The quantitative estimate of drug-likeness (QED) is 0.809. The summed E-state index contributed by atoms with van der Waals surface area (Å²) in [6.45, 7) is 3.22. The molecule has 0 saturated heterocycles. The van der Waals surface area contributed by atoms with Gasteiger partial charge in [0.25, 0.3) is 0 Å². The van der Waals surface area contributed by atoms with E-state index in [9.17, 15) is 14.4 Å². The molecule has 0 aliphatic rings. The minimum Gasteiger partial charge on any atom is -0.465 e. The van der Waals surface area contributed by atoms with Crippen molar-refractivity contribution >= 4 is 29.2 Å². The van der Waals surface area contributed by atoms with Gasteiger partial charge in [-0.15, -0.1) is 0 Å². The van der Waals surface area contributed by atoms with E-state index in [1.807, 2.05) is 31.2 Å². The Labute approximate surface area is 152 Å². The van der Waals surface area contributed by atoms with Gasteiger partial charge in [0.05, 0.1) is 12.7 Å². The number of hydrogen-bond acceptors (Lipinski definition) is 4. The molecule has 2 aromatic rings. The average Bonchev–Trinajstić information content (AvgIpc) is 2.65. The van der Waals surface area contributed by atoms with Gasteiger partial charge < -0.3 is 15.0 Å². The van der Waals surface area contributed by atoms with Gasteiger partial charge in [-0.2, -0.15) is 0 Å². The van der Waals surface area contributed by atoms with Crippen molar-refractivity contribution in [2.45, 2.75) is 20.3 Å². The molecule has 6 heteroatoms. The maximum absolute atomic E-state index is 12.4. The Morgan fingerprint density at radius 1 is 1.08 bits per heavy atom. The minimum absolute atomic E-state index is 0.155. The van der Waals surface area contributed by atoms with Gasteiger partial charge >= 0.3 is 5.97 Å². The van der Waals surface area contributed by atoms with E-state index in [0.29, 0.717) is 11.3 Å². The van der Waals surface area contributed by atoms with Gasteiger partial charge in [-0.25, -0.2) is 4.79 Å². The summed E-state index contributed by atoms with van der Waals surface area (Å²) in [5.41, 5.74) is 2.52. The lowest BCUT2D eigenvalue weighted by Crippen LogP contribution is -2.36. The van der Waals surface area contributed by atoms with E-state index < -0.39 is 5.97 Å². The predicted molar refractivity (Wildman–Crippen MR) is 100 cm³/mol. The molecule has 0 heterocycles. The second kappa shape index (κ2) is 8.80. The molecule has 0 atom stereocenters. The van der Waals surface area contributed by atoms with E-state index in [4.69, 9.17) is 4.74 Å². The molecular weight excluding hydrogens is 332 g/mol. The SMILES string of the molecule is CCc1ccccc1NC(=O)CN(C(C)=O)c1cccc(C(=O)OC)c1. The molecule has 136 valence electrons. The number of rotatable bonds is 6. The molecule has 2 rings (SSSR count). The third-order valence-corrected chi connectivity index (χ3v) is 3.93. The maximum atomic E-state index is 12.4. The molecule has 0 fully saturated rings. The van der Waals surface area contributed by atoms with Crippen molar-refractivity contribution in [2.75, 3.05) is 23.9 Å². The summed E-state index contributed by atoms with van der Waals surface area (Å²) in [7, 11) is 1.29. The third kappa shape index (κ3) is 4.69. The zero-order valence-corrected chi connectivity index (χ0v) is 15.1. The lowest BCUT2D eigenvalue weighted by atomic mass is 10.1. The van der Waals surface area contributed by atoms with Crippen molar-refractivity contribution in [3.8, 4) is 0 Å². The molecule has 0 unspecified atom stereocenters. The fourth-order valence-corrected chi connectivity index (χ4v) is 2.59. The molecule has 2 aromatic carbocycles. The van der Waals surface area contributed by atoms with Gasteiger partial charge in [-0.05, 0) is 36.2 Å². The number of aryl methyl sites for hydroxylation is 1. The molecule has 0 aromatic heterocycles. The molecule has 0 aliphatic carbocycles. The Bertz CT molecular complexity index is 817. The molecule has 6 nitrogen and oxygen atoms in total. The molecule has 26 heavy (non-hydrogen) atoms. The zero-order valence-electron chi connectivity index (χ0n) is 15.1. The van der Waals surface area contributed by atoms with Crippen LogP contribution in [0.15, 0.2) is 48.5 Å².